The first-order valence-corrected chi connectivity index (χ1v) is 9.09. The van der Waals surface area contributed by atoms with Crippen molar-refractivity contribution < 1.29 is 13.9 Å². The first-order chi connectivity index (χ1) is 13.1. The van der Waals surface area contributed by atoms with Crippen molar-refractivity contribution in [2.45, 2.75) is 6.61 Å². The molecule has 27 heavy (non-hydrogen) atoms. The lowest BCUT2D eigenvalue weighted by atomic mass is 10.3. The third-order valence-electron chi connectivity index (χ3n) is 4.09. The van der Waals surface area contributed by atoms with Gasteiger partial charge in [0.1, 0.15) is 18.1 Å². The van der Waals surface area contributed by atoms with Gasteiger partial charge in [0.2, 0.25) is 5.95 Å². The van der Waals surface area contributed by atoms with Crippen molar-refractivity contribution in [3.63, 3.8) is 0 Å². The monoisotopic (exact) mass is 425 g/mol. The molecule has 136 valence electrons. The number of hydrogen-bond donors (Lipinski definition) is 1. The van der Waals surface area contributed by atoms with Gasteiger partial charge < -0.3 is 13.7 Å². The second-order valence-electron chi connectivity index (χ2n) is 5.95. The van der Waals surface area contributed by atoms with Crippen LogP contribution in [0.3, 0.4) is 0 Å². The van der Waals surface area contributed by atoms with Gasteiger partial charge >= 0.3 is 0 Å². The van der Waals surface area contributed by atoms with Gasteiger partial charge in [-0.15, -0.1) is 0 Å². The second kappa shape index (κ2) is 7.28. The Labute approximate surface area is 163 Å². The lowest BCUT2D eigenvalue weighted by Gasteiger charge is -2.04. The van der Waals surface area contributed by atoms with Crippen molar-refractivity contribution in [3.05, 3.63) is 76.7 Å². The van der Waals surface area contributed by atoms with E-state index < -0.39 is 0 Å². The fraction of sp³-hybridized carbons (Fsp3) is 0.100. The number of furan rings is 1. The standard InChI is InChI=1S/C20H16BrN3O3/c1-24-17-5-3-2-4-16(17)22-20(24)23-19(25)18-11-10-15(27-18)12-26-14-8-6-13(21)7-9-14/h2-11H,12H2,1H3,(H,22,23,25). The predicted octanol–water partition coefficient (Wildman–Crippen LogP) is 4.76. The minimum absolute atomic E-state index is 0.205. The fourth-order valence-electron chi connectivity index (χ4n) is 2.68. The molecule has 1 N–H and O–H groups in total. The summed E-state index contributed by atoms with van der Waals surface area (Å²) in [5.74, 6) is 1.60. The number of amides is 1. The molecular formula is C20H16BrN3O3. The highest BCUT2D eigenvalue weighted by molar-refractivity contribution is 9.10. The van der Waals surface area contributed by atoms with Crippen LogP contribution in [-0.4, -0.2) is 15.5 Å². The summed E-state index contributed by atoms with van der Waals surface area (Å²) in [4.78, 5) is 16.9. The second-order valence-corrected chi connectivity index (χ2v) is 6.86. The number of benzene rings is 2. The smallest absolute Gasteiger partial charge is 0.293 e. The lowest BCUT2D eigenvalue weighted by molar-refractivity contribution is 0.0991. The van der Waals surface area contributed by atoms with Crippen molar-refractivity contribution >= 4 is 38.8 Å². The quantitative estimate of drug-likeness (QED) is 0.500. The number of nitrogens with one attached hydrogen (secondary N) is 1. The van der Waals surface area contributed by atoms with Gasteiger partial charge in [-0.05, 0) is 48.5 Å². The van der Waals surface area contributed by atoms with Crippen LogP contribution in [0.4, 0.5) is 5.95 Å². The van der Waals surface area contributed by atoms with E-state index >= 15 is 0 Å². The Morgan fingerprint density at radius 2 is 1.93 bits per heavy atom. The first-order valence-electron chi connectivity index (χ1n) is 8.30. The zero-order valence-electron chi connectivity index (χ0n) is 14.5. The normalized spacial score (nSPS) is 10.9. The van der Waals surface area contributed by atoms with E-state index in [9.17, 15) is 4.79 Å². The Hall–Kier alpha value is -3.06. The van der Waals surface area contributed by atoms with Crippen LogP contribution < -0.4 is 10.1 Å². The summed E-state index contributed by atoms with van der Waals surface area (Å²) in [7, 11) is 1.85. The Morgan fingerprint density at radius 1 is 1.15 bits per heavy atom. The molecule has 0 aliphatic heterocycles. The molecule has 0 aliphatic rings. The van der Waals surface area contributed by atoms with Crippen LogP contribution in [0.25, 0.3) is 11.0 Å². The number of nitrogens with zero attached hydrogens (tertiary/aromatic N) is 2. The van der Waals surface area contributed by atoms with Crippen molar-refractivity contribution in [1.82, 2.24) is 9.55 Å². The van der Waals surface area contributed by atoms with Gasteiger partial charge in [0.05, 0.1) is 11.0 Å². The van der Waals surface area contributed by atoms with Crippen LogP contribution in [0.1, 0.15) is 16.3 Å². The third-order valence-corrected chi connectivity index (χ3v) is 4.62. The maximum atomic E-state index is 12.5. The van der Waals surface area contributed by atoms with E-state index in [1.54, 1.807) is 12.1 Å². The predicted molar refractivity (Wildman–Crippen MR) is 106 cm³/mol. The summed E-state index contributed by atoms with van der Waals surface area (Å²) in [6.45, 7) is 0.237. The van der Waals surface area contributed by atoms with Crippen molar-refractivity contribution in [3.8, 4) is 5.75 Å². The Morgan fingerprint density at radius 3 is 2.70 bits per heavy atom. The number of rotatable bonds is 5. The number of carbonyl (C=O) groups is 1. The Balaban J connectivity index is 1.43. The largest absolute Gasteiger partial charge is 0.486 e. The molecular weight excluding hydrogens is 410 g/mol. The van der Waals surface area contributed by atoms with Gasteiger partial charge in [-0.25, -0.2) is 4.98 Å². The third kappa shape index (κ3) is 3.73. The molecule has 0 aliphatic carbocycles. The Kier molecular flexibility index (Phi) is 4.68. The summed E-state index contributed by atoms with van der Waals surface area (Å²) >= 11 is 3.38. The molecule has 0 atom stereocenters. The van der Waals surface area contributed by atoms with Crippen LogP contribution in [-0.2, 0) is 13.7 Å². The molecule has 0 saturated carbocycles. The van der Waals surface area contributed by atoms with E-state index in [0.29, 0.717) is 11.7 Å². The van der Waals surface area contributed by atoms with E-state index in [0.717, 1.165) is 21.3 Å². The fourth-order valence-corrected chi connectivity index (χ4v) is 2.95. The Bertz CT molecular complexity index is 1100. The average molecular weight is 426 g/mol. The zero-order chi connectivity index (χ0) is 18.8. The minimum Gasteiger partial charge on any atom is -0.486 e. The number of halogens is 1. The summed E-state index contributed by atoms with van der Waals surface area (Å²) in [6.07, 6.45) is 0. The van der Waals surface area contributed by atoms with Crippen LogP contribution in [0.15, 0.2) is 69.6 Å². The van der Waals surface area contributed by atoms with Gasteiger partial charge in [0.15, 0.2) is 5.76 Å². The van der Waals surface area contributed by atoms with E-state index in [-0.39, 0.29) is 18.3 Å². The lowest BCUT2D eigenvalue weighted by Crippen LogP contribution is -2.14. The number of aryl methyl sites for hydroxylation is 1. The number of hydrogen-bond acceptors (Lipinski definition) is 4. The molecule has 2 aromatic heterocycles. The molecule has 7 heteroatoms. The van der Waals surface area contributed by atoms with Crippen molar-refractivity contribution in [2.75, 3.05) is 5.32 Å². The molecule has 6 nitrogen and oxygen atoms in total. The van der Waals surface area contributed by atoms with Gasteiger partial charge in [-0.1, -0.05) is 28.1 Å². The summed E-state index contributed by atoms with van der Waals surface area (Å²) in [5.41, 5.74) is 1.76. The van der Waals surface area contributed by atoms with Crippen LogP contribution >= 0.6 is 15.9 Å². The maximum absolute atomic E-state index is 12.5. The molecule has 0 radical (unpaired) electrons. The van der Waals surface area contributed by atoms with Crippen molar-refractivity contribution in [2.24, 2.45) is 7.05 Å². The highest BCUT2D eigenvalue weighted by Crippen LogP contribution is 2.20. The number of carbonyl (C=O) groups excluding carboxylic acids is 1. The number of anilines is 1. The molecule has 1 amide bonds. The van der Waals surface area contributed by atoms with Gasteiger partial charge in [0, 0.05) is 11.5 Å². The maximum Gasteiger partial charge on any atom is 0.293 e. The van der Waals surface area contributed by atoms with Gasteiger partial charge in [-0.3, -0.25) is 10.1 Å². The highest BCUT2D eigenvalue weighted by atomic mass is 79.9. The summed E-state index contributed by atoms with van der Waals surface area (Å²) in [5, 5.41) is 2.78. The molecule has 0 bridgehead atoms. The zero-order valence-corrected chi connectivity index (χ0v) is 16.1. The molecule has 0 saturated heterocycles. The van der Waals surface area contributed by atoms with Gasteiger partial charge in [0.25, 0.3) is 5.91 Å². The summed E-state index contributed by atoms with van der Waals surface area (Å²) < 4.78 is 14.1. The molecule has 4 aromatic rings. The van der Waals surface area contributed by atoms with Crippen LogP contribution in [0.2, 0.25) is 0 Å². The van der Waals surface area contributed by atoms with Crippen LogP contribution in [0.5, 0.6) is 5.75 Å². The number of ether oxygens (including phenoxy) is 1. The topological polar surface area (TPSA) is 69.3 Å². The molecule has 2 aromatic carbocycles. The van der Waals surface area contributed by atoms with Gasteiger partial charge in [-0.2, -0.15) is 0 Å². The number of para-hydroxylation sites is 2. The SMILES string of the molecule is Cn1c(NC(=O)c2ccc(COc3ccc(Br)cc3)o2)nc2ccccc21. The van der Waals surface area contributed by atoms with E-state index in [4.69, 9.17) is 9.15 Å². The first kappa shape index (κ1) is 17.4. The van der Waals surface area contributed by atoms with E-state index in [1.165, 1.54) is 0 Å². The minimum atomic E-state index is -0.358. The summed E-state index contributed by atoms with van der Waals surface area (Å²) in [6, 6.07) is 18.5. The molecule has 4 rings (SSSR count). The average Bonchev–Trinajstić information content (AvgIpc) is 3.27. The van der Waals surface area contributed by atoms with E-state index in [2.05, 4.69) is 26.2 Å². The number of imidazole rings is 1. The highest BCUT2D eigenvalue weighted by Gasteiger charge is 2.15. The number of fused-ring (bicyclic) bond motifs is 1. The van der Waals surface area contributed by atoms with E-state index in [1.807, 2.05) is 60.1 Å². The van der Waals surface area contributed by atoms with Crippen molar-refractivity contribution in [1.29, 1.82) is 0 Å². The molecule has 0 unspecified atom stereocenters. The van der Waals surface area contributed by atoms with Crippen LogP contribution in [0, 0.1) is 0 Å². The molecule has 0 fully saturated rings. The molecule has 0 spiro atoms. The molecule has 2 heterocycles. The number of aromatic nitrogens is 2.